The van der Waals surface area contributed by atoms with E-state index in [2.05, 4.69) is 0 Å². The van der Waals surface area contributed by atoms with Crippen LogP contribution in [0.3, 0.4) is 0 Å². The lowest BCUT2D eigenvalue weighted by molar-refractivity contribution is -0.141. The van der Waals surface area contributed by atoms with Gasteiger partial charge < -0.3 is 19.0 Å². The highest BCUT2D eigenvalue weighted by Crippen LogP contribution is 2.40. The fourth-order valence-corrected chi connectivity index (χ4v) is 4.76. The van der Waals surface area contributed by atoms with E-state index in [0.717, 1.165) is 45.3 Å². The highest BCUT2D eigenvalue weighted by atomic mass is 16.5. The topological polar surface area (TPSA) is 80.1 Å². The van der Waals surface area contributed by atoms with Crippen LogP contribution < -0.4 is 5.43 Å². The third kappa shape index (κ3) is 3.99. The molecule has 7 nitrogen and oxygen atoms in total. The first-order valence-corrected chi connectivity index (χ1v) is 10.2. The van der Waals surface area contributed by atoms with E-state index in [9.17, 15) is 14.4 Å². The van der Waals surface area contributed by atoms with E-state index < -0.39 is 0 Å². The Hall–Kier alpha value is -2.15. The predicted molar refractivity (Wildman–Crippen MR) is 102 cm³/mol. The maximum absolute atomic E-state index is 12.7. The van der Waals surface area contributed by atoms with Gasteiger partial charge in [-0.05, 0) is 44.4 Å². The minimum absolute atomic E-state index is 0.0801. The van der Waals surface area contributed by atoms with Gasteiger partial charge in [0.2, 0.25) is 5.91 Å². The number of amides is 2. The molecular weight excluding hydrogens is 360 g/mol. The number of carbonyl (C=O) groups is 2. The second kappa shape index (κ2) is 7.70. The summed E-state index contributed by atoms with van der Waals surface area (Å²) in [6.07, 6.45) is 5.46. The van der Waals surface area contributed by atoms with Crippen molar-refractivity contribution < 1.29 is 18.7 Å². The van der Waals surface area contributed by atoms with E-state index in [-0.39, 0.29) is 34.5 Å². The molecule has 3 fully saturated rings. The van der Waals surface area contributed by atoms with Gasteiger partial charge in [-0.2, -0.15) is 0 Å². The minimum Gasteiger partial charge on any atom is -0.456 e. The monoisotopic (exact) mass is 388 g/mol. The SMILES string of the molecule is Cc1cc(=O)cc(C(=O)N2CCC3(CCC(=O)N(C[C@H]4CCCO4)C3)CC2)o1. The van der Waals surface area contributed by atoms with Gasteiger partial charge >= 0.3 is 0 Å². The first-order valence-electron chi connectivity index (χ1n) is 10.2. The van der Waals surface area contributed by atoms with Crippen molar-refractivity contribution in [2.24, 2.45) is 5.41 Å². The summed E-state index contributed by atoms with van der Waals surface area (Å²) >= 11 is 0. The molecule has 3 aliphatic rings. The largest absolute Gasteiger partial charge is 0.456 e. The number of rotatable bonds is 3. The standard InChI is InChI=1S/C21H28N2O5/c1-15-11-16(24)12-18(28-15)20(26)22-8-6-21(7-9-22)5-4-19(25)23(14-21)13-17-3-2-10-27-17/h11-12,17H,2-10,13-14H2,1H3/t17-/m1/s1. The van der Waals surface area contributed by atoms with E-state index in [0.29, 0.717) is 31.8 Å². The molecule has 0 aromatic carbocycles. The Morgan fingerprint density at radius 1 is 1.21 bits per heavy atom. The molecule has 0 aliphatic carbocycles. The lowest BCUT2D eigenvalue weighted by atomic mass is 9.72. The first-order chi connectivity index (χ1) is 13.4. The van der Waals surface area contributed by atoms with Crippen LogP contribution in [-0.4, -0.2) is 60.5 Å². The first kappa shape index (κ1) is 19.2. The van der Waals surface area contributed by atoms with Crippen LogP contribution in [0.15, 0.2) is 21.3 Å². The summed E-state index contributed by atoms with van der Waals surface area (Å²) in [6, 6.07) is 2.64. The van der Waals surface area contributed by atoms with Crippen LogP contribution >= 0.6 is 0 Å². The third-order valence-corrected chi connectivity index (χ3v) is 6.41. The van der Waals surface area contributed by atoms with Crippen molar-refractivity contribution >= 4 is 11.8 Å². The number of likely N-dealkylation sites (tertiary alicyclic amines) is 2. The van der Waals surface area contributed by atoms with E-state index >= 15 is 0 Å². The molecule has 1 aromatic rings. The second-order valence-electron chi connectivity index (χ2n) is 8.47. The van der Waals surface area contributed by atoms with Crippen LogP contribution in [0.2, 0.25) is 0 Å². The number of carbonyl (C=O) groups excluding carboxylic acids is 2. The molecule has 1 atom stereocenters. The molecule has 28 heavy (non-hydrogen) atoms. The van der Waals surface area contributed by atoms with Crippen molar-refractivity contribution in [1.82, 2.24) is 9.80 Å². The third-order valence-electron chi connectivity index (χ3n) is 6.41. The Morgan fingerprint density at radius 2 is 2.00 bits per heavy atom. The highest BCUT2D eigenvalue weighted by Gasteiger charge is 2.42. The van der Waals surface area contributed by atoms with Crippen LogP contribution in [0.1, 0.15) is 54.8 Å². The Morgan fingerprint density at radius 3 is 2.68 bits per heavy atom. The number of ether oxygens (including phenoxy) is 1. The molecule has 7 heteroatoms. The van der Waals surface area contributed by atoms with E-state index in [1.54, 1.807) is 11.8 Å². The summed E-state index contributed by atoms with van der Waals surface area (Å²) in [5.74, 6) is 0.555. The van der Waals surface area contributed by atoms with Crippen molar-refractivity contribution in [2.75, 3.05) is 32.8 Å². The van der Waals surface area contributed by atoms with Crippen LogP contribution in [0, 0.1) is 12.3 Å². The number of nitrogens with zero attached hydrogens (tertiary/aromatic N) is 2. The lowest BCUT2D eigenvalue weighted by Gasteiger charge is -2.47. The minimum atomic E-state index is -0.223. The van der Waals surface area contributed by atoms with Gasteiger partial charge in [0.25, 0.3) is 5.91 Å². The van der Waals surface area contributed by atoms with Gasteiger partial charge in [-0.1, -0.05) is 0 Å². The Labute approximate surface area is 164 Å². The predicted octanol–water partition coefficient (Wildman–Crippen LogP) is 1.97. The van der Waals surface area contributed by atoms with Gasteiger partial charge in [0.1, 0.15) is 5.76 Å². The van der Waals surface area contributed by atoms with Crippen molar-refractivity contribution in [3.8, 4) is 0 Å². The summed E-state index contributed by atoms with van der Waals surface area (Å²) in [7, 11) is 0. The fourth-order valence-electron chi connectivity index (χ4n) is 4.76. The molecule has 4 rings (SSSR count). The van der Waals surface area contributed by atoms with Gasteiger partial charge in [0.15, 0.2) is 11.2 Å². The van der Waals surface area contributed by atoms with Gasteiger partial charge in [-0.15, -0.1) is 0 Å². The average molecular weight is 388 g/mol. The summed E-state index contributed by atoms with van der Waals surface area (Å²) in [6.45, 7) is 5.16. The van der Waals surface area contributed by atoms with Gasteiger partial charge in [0, 0.05) is 51.3 Å². The number of hydrogen-bond donors (Lipinski definition) is 0. The van der Waals surface area contributed by atoms with Gasteiger partial charge in [-0.25, -0.2) is 0 Å². The lowest BCUT2D eigenvalue weighted by Crippen LogP contribution is -2.53. The molecule has 0 bridgehead atoms. The zero-order chi connectivity index (χ0) is 19.7. The van der Waals surface area contributed by atoms with Crippen molar-refractivity contribution in [3.63, 3.8) is 0 Å². The Kier molecular flexibility index (Phi) is 5.27. The molecule has 3 aliphatic heterocycles. The van der Waals surface area contributed by atoms with Crippen molar-refractivity contribution in [1.29, 1.82) is 0 Å². The Bertz CT molecular complexity index is 803. The van der Waals surface area contributed by atoms with E-state index in [1.807, 2.05) is 4.90 Å². The number of aryl methyl sites for hydroxylation is 1. The average Bonchev–Trinajstić information content (AvgIpc) is 3.17. The highest BCUT2D eigenvalue weighted by molar-refractivity contribution is 5.91. The smallest absolute Gasteiger partial charge is 0.289 e. The maximum Gasteiger partial charge on any atom is 0.289 e. The molecule has 2 amide bonds. The quantitative estimate of drug-likeness (QED) is 0.791. The van der Waals surface area contributed by atoms with E-state index in [1.165, 1.54) is 12.1 Å². The zero-order valence-electron chi connectivity index (χ0n) is 16.4. The maximum atomic E-state index is 12.7. The molecule has 3 saturated heterocycles. The molecule has 0 unspecified atom stereocenters. The molecule has 4 heterocycles. The number of piperidine rings is 2. The molecule has 0 radical (unpaired) electrons. The van der Waals surface area contributed by atoms with Crippen LogP contribution in [-0.2, 0) is 9.53 Å². The summed E-state index contributed by atoms with van der Waals surface area (Å²) in [5.41, 5.74) is -0.132. The fraction of sp³-hybridized carbons (Fsp3) is 0.667. The molecule has 1 aromatic heterocycles. The molecule has 0 saturated carbocycles. The van der Waals surface area contributed by atoms with Gasteiger partial charge in [0.05, 0.1) is 6.10 Å². The second-order valence-corrected chi connectivity index (χ2v) is 8.47. The molecule has 0 N–H and O–H groups in total. The summed E-state index contributed by atoms with van der Waals surface area (Å²) in [4.78, 5) is 40.5. The molecular formula is C21H28N2O5. The molecule has 152 valence electrons. The van der Waals surface area contributed by atoms with Crippen LogP contribution in [0.4, 0.5) is 0 Å². The van der Waals surface area contributed by atoms with Crippen molar-refractivity contribution in [3.05, 3.63) is 33.9 Å². The summed E-state index contributed by atoms with van der Waals surface area (Å²) < 4.78 is 11.2. The van der Waals surface area contributed by atoms with Crippen LogP contribution in [0.25, 0.3) is 0 Å². The van der Waals surface area contributed by atoms with Crippen LogP contribution in [0.5, 0.6) is 0 Å². The normalized spacial score (nSPS) is 24.8. The summed E-state index contributed by atoms with van der Waals surface area (Å²) in [5, 5.41) is 0. The molecule has 1 spiro atoms. The number of hydrogen-bond acceptors (Lipinski definition) is 5. The zero-order valence-corrected chi connectivity index (χ0v) is 16.4. The van der Waals surface area contributed by atoms with E-state index in [4.69, 9.17) is 9.15 Å². The van der Waals surface area contributed by atoms with Gasteiger partial charge in [-0.3, -0.25) is 14.4 Å². The Balaban J connectivity index is 1.39. The van der Waals surface area contributed by atoms with Crippen molar-refractivity contribution in [2.45, 2.75) is 51.6 Å².